The minimum Gasteiger partial charge on any atom is -1.00 e. The number of hydrogen-bond donors (Lipinski definition) is 4. The first-order valence-corrected chi connectivity index (χ1v) is 2.68. The maximum atomic E-state index is 7.33. The van der Waals surface area contributed by atoms with E-state index in [4.69, 9.17) is 19.2 Å². The fourth-order valence-corrected chi connectivity index (χ4v) is 0. The third-order valence-corrected chi connectivity index (χ3v) is 0. The Morgan fingerprint density at radius 3 is 1.00 bits per heavy atom. The van der Waals surface area contributed by atoms with Crippen molar-refractivity contribution in [3.05, 3.63) is 0 Å². The van der Waals surface area contributed by atoms with Crippen molar-refractivity contribution in [2.45, 2.75) is 0 Å². The molecule has 0 aliphatic heterocycles. The van der Waals surface area contributed by atoms with Crippen LogP contribution < -0.4 is 18.9 Å². The molecule has 9 heavy (non-hydrogen) atoms. The first-order chi connectivity index (χ1) is 2.00. The van der Waals surface area contributed by atoms with Crippen LogP contribution in [0.5, 0.6) is 0 Å². The van der Waals surface area contributed by atoms with Gasteiger partial charge < -0.3 is 20.6 Å². The first kappa shape index (κ1) is 30.7. The minimum atomic E-state index is -4.61. The van der Waals surface area contributed by atoms with Crippen molar-refractivity contribution in [1.82, 2.24) is 0 Å². The average molecular weight is 210 g/mol. The van der Waals surface area contributed by atoms with Crippen molar-refractivity contribution in [1.29, 1.82) is 0 Å². The van der Waals surface area contributed by atoms with Crippen LogP contribution in [0, 0.1) is 0 Å². The summed E-state index contributed by atoms with van der Waals surface area (Å²) in [5, 5.41) is 0. The Morgan fingerprint density at radius 2 is 1.00 bits per heavy atom. The van der Waals surface area contributed by atoms with Crippen molar-refractivity contribution in [2.75, 3.05) is 0 Å². The predicted octanol–water partition coefficient (Wildman–Crippen LogP) is -7.06. The second-order valence-electron chi connectivity index (χ2n) is 0.600. The summed E-state index contributed by atoms with van der Waals surface area (Å²) in [7, 11) is -4.61. The molecular weight excluding hydrogens is 202 g/mol. The quantitative estimate of drug-likeness (QED) is 0.300. The molecule has 0 aromatic heterocycles. The van der Waals surface area contributed by atoms with Gasteiger partial charge in [-0.05, 0) is 0 Å². The molecule has 0 unspecified atom stereocenters. The van der Waals surface area contributed by atoms with Crippen LogP contribution in [0.4, 0.5) is 0 Å². The molecule has 0 saturated heterocycles. The molecular formula is H8AlBLiO4SiZn. The summed E-state index contributed by atoms with van der Waals surface area (Å²) in [6.45, 7) is 0. The standard InChI is InChI=1S/Al.B.Li.H4O4Si.Zn.4H/c;;;1-5(2,3)4;;;;;/h;;;1-4H;;;;;/q;;+1;;;;;;-1. The zero-order chi connectivity index (χ0) is 4.50. The van der Waals surface area contributed by atoms with E-state index in [1.54, 1.807) is 0 Å². The van der Waals surface area contributed by atoms with Crippen molar-refractivity contribution in [3.63, 3.8) is 0 Å². The van der Waals surface area contributed by atoms with Crippen LogP contribution in [-0.4, -0.2) is 54.0 Å². The Labute approximate surface area is 93.3 Å². The van der Waals surface area contributed by atoms with Crippen molar-refractivity contribution in [3.8, 4) is 0 Å². The molecule has 0 rings (SSSR count). The normalized spacial score (nSPS) is 6.67. The van der Waals surface area contributed by atoms with Gasteiger partial charge in [0.25, 0.3) is 0 Å². The summed E-state index contributed by atoms with van der Waals surface area (Å²) in [6.07, 6.45) is 0. The van der Waals surface area contributed by atoms with Crippen LogP contribution in [0.1, 0.15) is 1.43 Å². The zero-order valence-corrected chi connectivity index (χ0v) is 8.54. The molecule has 0 aliphatic rings. The van der Waals surface area contributed by atoms with Gasteiger partial charge >= 0.3 is 27.9 Å². The molecule has 0 atom stereocenters. The van der Waals surface area contributed by atoms with Gasteiger partial charge in [0.1, 0.15) is 0 Å². The predicted molar refractivity (Wildman–Crippen MR) is 31.4 cm³/mol. The molecule has 0 spiro atoms. The second-order valence-corrected chi connectivity index (χ2v) is 1.80. The third kappa shape index (κ3) is 174. The summed E-state index contributed by atoms with van der Waals surface area (Å²) in [4.78, 5) is 29.3. The molecule has 3 radical (unpaired) electrons. The topological polar surface area (TPSA) is 80.9 Å². The van der Waals surface area contributed by atoms with Gasteiger partial charge in [0.05, 0.1) is 0 Å². The molecule has 4 N–H and O–H groups in total. The maximum Gasteiger partial charge on any atom is 1.00 e. The van der Waals surface area contributed by atoms with Gasteiger partial charge in [0, 0.05) is 27.9 Å². The molecule has 9 heteroatoms. The van der Waals surface area contributed by atoms with E-state index >= 15 is 0 Å². The van der Waals surface area contributed by atoms with Gasteiger partial charge in [-0.1, -0.05) is 0 Å². The molecule has 0 fully saturated rings. The summed E-state index contributed by atoms with van der Waals surface area (Å²) in [5.41, 5.74) is 0. The van der Waals surface area contributed by atoms with E-state index in [2.05, 4.69) is 0 Å². The molecule has 45 valence electrons. The van der Waals surface area contributed by atoms with Gasteiger partial charge in [-0.2, -0.15) is 0 Å². The summed E-state index contributed by atoms with van der Waals surface area (Å²) in [5.74, 6) is 0. The molecule has 0 aromatic rings. The third-order valence-electron chi connectivity index (χ3n) is 0. The van der Waals surface area contributed by atoms with Crippen LogP contribution in [-0.2, 0) is 19.5 Å². The molecule has 4 nitrogen and oxygen atoms in total. The Kier molecular flexibility index (Phi) is 42.8. The van der Waals surface area contributed by atoms with Gasteiger partial charge in [-0.15, -0.1) is 0 Å². The molecule has 0 amide bonds. The van der Waals surface area contributed by atoms with E-state index in [-0.39, 0.29) is 65.5 Å². The molecule has 0 heterocycles. The van der Waals surface area contributed by atoms with Gasteiger partial charge in [-0.25, -0.2) is 0 Å². The van der Waals surface area contributed by atoms with Gasteiger partial charge in [-0.3, -0.25) is 0 Å². The smallest absolute Gasteiger partial charge is 1.00 e. The zero-order valence-electron chi connectivity index (χ0n) is 5.57. The Balaban J connectivity index is -0.00000000800. The van der Waals surface area contributed by atoms with Gasteiger partial charge in [0.15, 0.2) is 17.4 Å². The molecule has 0 aliphatic carbocycles. The fraction of sp³-hybridized carbons (Fsp3) is 0. The largest absolute Gasteiger partial charge is 1.00 e. The van der Waals surface area contributed by atoms with Crippen molar-refractivity contribution >= 4 is 34.8 Å². The molecule has 0 aromatic carbocycles. The van der Waals surface area contributed by atoms with Crippen LogP contribution in [0.2, 0.25) is 0 Å². The van der Waals surface area contributed by atoms with E-state index in [0.29, 0.717) is 0 Å². The van der Waals surface area contributed by atoms with Crippen LogP contribution in [0.3, 0.4) is 0 Å². The van der Waals surface area contributed by atoms with E-state index in [1.165, 1.54) is 0 Å². The Hall–Kier alpha value is 1.88. The average Bonchev–Trinajstić information content (AvgIpc) is 0.722. The fourth-order valence-electron chi connectivity index (χ4n) is 0. The van der Waals surface area contributed by atoms with Crippen LogP contribution in [0.25, 0.3) is 0 Å². The van der Waals surface area contributed by atoms with Crippen molar-refractivity contribution in [2.24, 2.45) is 0 Å². The van der Waals surface area contributed by atoms with Crippen LogP contribution in [0.15, 0.2) is 0 Å². The second kappa shape index (κ2) is 12.5. The summed E-state index contributed by atoms with van der Waals surface area (Å²) >= 11 is 0. The molecule has 0 bridgehead atoms. The first-order valence-electron chi connectivity index (χ1n) is 0.894. The number of rotatable bonds is 0. The van der Waals surface area contributed by atoms with Crippen molar-refractivity contribution < 1.29 is 58.9 Å². The minimum absolute atomic E-state index is 0. The Bertz CT molecular complexity index is 40.7. The maximum absolute atomic E-state index is 7.33. The van der Waals surface area contributed by atoms with E-state index in [9.17, 15) is 0 Å². The summed E-state index contributed by atoms with van der Waals surface area (Å²) in [6, 6.07) is 0. The molecule has 0 saturated carbocycles. The van der Waals surface area contributed by atoms with E-state index in [1.807, 2.05) is 0 Å². The van der Waals surface area contributed by atoms with E-state index in [0.717, 1.165) is 0 Å². The Morgan fingerprint density at radius 1 is 1.00 bits per heavy atom. The van der Waals surface area contributed by atoms with E-state index < -0.39 is 9.05 Å². The number of hydrogen-bond acceptors (Lipinski definition) is 4. The monoisotopic (exact) mass is 209 g/mol. The summed E-state index contributed by atoms with van der Waals surface area (Å²) < 4.78 is 0. The van der Waals surface area contributed by atoms with Crippen LogP contribution >= 0.6 is 0 Å². The SMILES string of the molecule is O[Si](O)(O)O.[AlH3].[B].[H-].[Li+].[Zn]. The van der Waals surface area contributed by atoms with Gasteiger partial charge in [0.2, 0.25) is 0 Å².